The lowest BCUT2D eigenvalue weighted by Crippen LogP contribution is -2.38. The highest BCUT2D eigenvalue weighted by Gasteiger charge is 2.43. The topological polar surface area (TPSA) is 61.2 Å². The smallest absolute Gasteiger partial charge is 0.232 e. The van der Waals surface area contributed by atoms with Crippen molar-refractivity contribution in [3.8, 4) is 6.07 Å². The number of carbonyl (C=O) groups excluding carboxylic acids is 2. The number of nitriles is 1. The molecule has 1 heterocycles. The van der Waals surface area contributed by atoms with Crippen molar-refractivity contribution in [2.24, 2.45) is 17.3 Å². The highest BCUT2D eigenvalue weighted by atomic mass is 16.2. The van der Waals surface area contributed by atoms with Crippen molar-refractivity contribution in [1.82, 2.24) is 4.90 Å². The monoisotopic (exact) mass is 208 g/mol. The third-order valence-corrected chi connectivity index (χ3v) is 2.92. The van der Waals surface area contributed by atoms with Gasteiger partial charge in [-0.1, -0.05) is 13.8 Å². The first kappa shape index (κ1) is 11.7. The first-order valence-corrected chi connectivity index (χ1v) is 5.06. The van der Waals surface area contributed by atoms with E-state index >= 15 is 0 Å². The molecule has 0 aromatic heterocycles. The molecule has 1 saturated heterocycles. The van der Waals surface area contributed by atoms with E-state index in [0.29, 0.717) is 0 Å². The van der Waals surface area contributed by atoms with Gasteiger partial charge in [-0.2, -0.15) is 5.26 Å². The average Bonchev–Trinajstić information content (AvgIpc) is 2.36. The minimum Gasteiger partial charge on any atom is -0.281 e. The van der Waals surface area contributed by atoms with Crippen LogP contribution in [0.15, 0.2) is 0 Å². The number of hydrogen-bond acceptors (Lipinski definition) is 3. The summed E-state index contributed by atoms with van der Waals surface area (Å²) in [4.78, 5) is 24.7. The van der Waals surface area contributed by atoms with Gasteiger partial charge in [0.05, 0.1) is 11.5 Å². The largest absolute Gasteiger partial charge is 0.281 e. The fourth-order valence-electron chi connectivity index (χ4n) is 1.61. The maximum atomic E-state index is 11.7. The second-order valence-corrected chi connectivity index (χ2v) is 4.84. The number of carbonyl (C=O) groups is 2. The zero-order valence-corrected chi connectivity index (χ0v) is 9.57. The molecular formula is C11H16N2O2. The summed E-state index contributed by atoms with van der Waals surface area (Å²) in [6.45, 7) is 7.15. The van der Waals surface area contributed by atoms with Crippen LogP contribution in [-0.2, 0) is 9.59 Å². The Labute approximate surface area is 89.9 Å². The van der Waals surface area contributed by atoms with Gasteiger partial charge in [-0.25, -0.2) is 0 Å². The Morgan fingerprint density at radius 2 is 1.67 bits per heavy atom. The van der Waals surface area contributed by atoms with Gasteiger partial charge >= 0.3 is 0 Å². The van der Waals surface area contributed by atoms with Crippen molar-refractivity contribution in [2.45, 2.75) is 27.7 Å². The minimum atomic E-state index is -0.672. The lowest BCUT2D eigenvalue weighted by molar-refractivity contribution is -0.140. The lowest BCUT2D eigenvalue weighted by atomic mass is 9.95. The summed E-state index contributed by atoms with van der Waals surface area (Å²) in [6, 6.07) is 2.09. The van der Waals surface area contributed by atoms with Gasteiger partial charge in [-0.15, -0.1) is 0 Å². The van der Waals surface area contributed by atoms with Gasteiger partial charge < -0.3 is 0 Å². The first-order chi connectivity index (χ1) is 6.80. The standard InChI is InChI=1S/C11H16N2O2/c1-7-8(2)10(15)13(9(7)14)6-11(3,4)5-12/h7-8H,6H2,1-4H3. The Kier molecular flexibility index (Phi) is 2.85. The van der Waals surface area contributed by atoms with E-state index in [1.54, 1.807) is 27.7 Å². The van der Waals surface area contributed by atoms with Crippen LogP contribution >= 0.6 is 0 Å². The number of amides is 2. The maximum absolute atomic E-state index is 11.7. The second kappa shape index (κ2) is 3.65. The molecule has 0 saturated carbocycles. The molecule has 1 rings (SSSR count). The van der Waals surface area contributed by atoms with Crippen LogP contribution in [0.2, 0.25) is 0 Å². The molecule has 82 valence electrons. The number of hydrogen-bond donors (Lipinski definition) is 0. The van der Waals surface area contributed by atoms with Crippen molar-refractivity contribution in [3.05, 3.63) is 0 Å². The number of nitrogens with zero attached hydrogens (tertiary/aromatic N) is 2. The van der Waals surface area contributed by atoms with Gasteiger partial charge in [0.2, 0.25) is 11.8 Å². The zero-order valence-electron chi connectivity index (χ0n) is 9.57. The van der Waals surface area contributed by atoms with Gasteiger partial charge in [0.25, 0.3) is 0 Å². The molecule has 1 fully saturated rings. The molecule has 2 unspecified atom stereocenters. The van der Waals surface area contributed by atoms with Crippen molar-refractivity contribution >= 4 is 11.8 Å². The van der Waals surface area contributed by atoms with Crippen LogP contribution in [0.1, 0.15) is 27.7 Å². The summed E-state index contributed by atoms with van der Waals surface area (Å²) >= 11 is 0. The molecule has 4 nitrogen and oxygen atoms in total. The molecule has 15 heavy (non-hydrogen) atoms. The van der Waals surface area contributed by atoms with Crippen molar-refractivity contribution in [1.29, 1.82) is 5.26 Å². The number of likely N-dealkylation sites (tertiary alicyclic amines) is 1. The molecule has 1 aliphatic rings. The third-order valence-electron chi connectivity index (χ3n) is 2.92. The molecule has 0 aliphatic carbocycles. The SMILES string of the molecule is CC1C(=O)N(CC(C)(C)C#N)C(=O)C1C. The van der Waals surface area contributed by atoms with Crippen LogP contribution in [-0.4, -0.2) is 23.3 Å². The molecule has 0 bridgehead atoms. The second-order valence-electron chi connectivity index (χ2n) is 4.84. The normalized spacial score (nSPS) is 27.0. The molecule has 0 N–H and O–H groups in total. The van der Waals surface area contributed by atoms with Crippen molar-refractivity contribution in [3.63, 3.8) is 0 Å². The molecule has 1 aliphatic heterocycles. The number of rotatable bonds is 2. The third kappa shape index (κ3) is 2.01. The predicted octanol–water partition coefficient (Wildman–Crippen LogP) is 1.18. The Morgan fingerprint density at radius 1 is 1.27 bits per heavy atom. The molecular weight excluding hydrogens is 192 g/mol. The summed E-state index contributed by atoms with van der Waals surface area (Å²) in [5, 5.41) is 8.86. The van der Waals surface area contributed by atoms with Gasteiger partial charge in [0.15, 0.2) is 0 Å². The van der Waals surface area contributed by atoms with Crippen LogP contribution in [0.3, 0.4) is 0 Å². The van der Waals surface area contributed by atoms with E-state index in [9.17, 15) is 9.59 Å². The Bertz CT molecular complexity index is 321. The molecule has 0 aromatic carbocycles. The van der Waals surface area contributed by atoms with Crippen LogP contribution in [0.25, 0.3) is 0 Å². The van der Waals surface area contributed by atoms with Crippen molar-refractivity contribution < 1.29 is 9.59 Å². The van der Waals surface area contributed by atoms with Crippen molar-refractivity contribution in [2.75, 3.05) is 6.54 Å². The molecule has 0 radical (unpaired) electrons. The zero-order chi connectivity index (χ0) is 11.8. The summed E-state index contributed by atoms with van der Waals surface area (Å²) < 4.78 is 0. The average molecular weight is 208 g/mol. The van der Waals surface area contributed by atoms with Gasteiger partial charge in [-0.3, -0.25) is 14.5 Å². The number of imide groups is 1. The molecule has 4 heteroatoms. The van der Waals surface area contributed by atoms with Gasteiger partial charge in [0, 0.05) is 18.4 Å². The van der Waals surface area contributed by atoms with E-state index in [-0.39, 0.29) is 30.2 Å². The minimum absolute atomic E-state index is 0.157. The Morgan fingerprint density at radius 3 is 2.00 bits per heavy atom. The fraction of sp³-hybridized carbons (Fsp3) is 0.727. The van der Waals surface area contributed by atoms with Crippen LogP contribution in [0.4, 0.5) is 0 Å². The Balaban J connectivity index is 2.86. The highest BCUT2D eigenvalue weighted by molar-refractivity contribution is 6.04. The van der Waals surface area contributed by atoms with E-state index in [2.05, 4.69) is 6.07 Å². The van der Waals surface area contributed by atoms with Crippen LogP contribution in [0.5, 0.6) is 0 Å². The van der Waals surface area contributed by atoms with Gasteiger partial charge in [-0.05, 0) is 13.8 Å². The fourth-order valence-corrected chi connectivity index (χ4v) is 1.61. The molecule has 0 aromatic rings. The summed E-state index contributed by atoms with van der Waals surface area (Å²) in [7, 11) is 0. The molecule has 2 atom stereocenters. The van der Waals surface area contributed by atoms with Crippen LogP contribution < -0.4 is 0 Å². The molecule has 0 spiro atoms. The van der Waals surface area contributed by atoms with E-state index in [4.69, 9.17) is 5.26 Å². The first-order valence-electron chi connectivity index (χ1n) is 5.06. The quantitative estimate of drug-likeness (QED) is 0.640. The predicted molar refractivity (Wildman–Crippen MR) is 54.4 cm³/mol. The van der Waals surface area contributed by atoms with E-state index in [1.165, 1.54) is 4.90 Å². The summed E-state index contributed by atoms with van der Waals surface area (Å²) in [5.74, 6) is -0.828. The van der Waals surface area contributed by atoms with Gasteiger partial charge in [0.1, 0.15) is 0 Å². The van der Waals surface area contributed by atoms with E-state index in [0.717, 1.165) is 0 Å². The summed E-state index contributed by atoms with van der Waals surface area (Å²) in [5.41, 5.74) is -0.672. The van der Waals surface area contributed by atoms with Crippen LogP contribution in [0, 0.1) is 28.6 Å². The van der Waals surface area contributed by atoms with E-state index in [1.807, 2.05) is 0 Å². The highest BCUT2D eigenvalue weighted by Crippen LogP contribution is 2.28. The maximum Gasteiger partial charge on any atom is 0.232 e. The summed E-state index contributed by atoms with van der Waals surface area (Å²) in [6.07, 6.45) is 0. The van der Waals surface area contributed by atoms with E-state index < -0.39 is 5.41 Å². The lowest BCUT2D eigenvalue weighted by Gasteiger charge is -2.22. The molecule has 2 amide bonds. The Hall–Kier alpha value is -1.37.